The van der Waals surface area contributed by atoms with Crippen molar-refractivity contribution in [3.05, 3.63) is 29.3 Å². The van der Waals surface area contributed by atoms with E-state index < -0.39 is 17.3 Å². The lowest BCUT2D eigenvalue weighted by molar-refractivity contribution is -0.137. The number of hydrogen-bond acceptors (Lipinski definition) is 2. The fraction of sp³-hybridized carbons (Fsp3) is 0.333. The van der Waals surface area contributed by atoms with Crippen LogP contribution in [0.2, 0.25) is 0 Å². The molecule has 6 heteroatoms. The average molecular weight is 256 g/mol. The van der Waals surface area contributed by atoms with Crippen molar-refractivity contribution in [3.63, 3.8) is 0 Å². The van der Waals surface area contributed by atoms with Crippen molar-refractivity contribution in [3.8, 4) is 6.07 Å². The first-order valence-electron chi connectivity index (χ1n) is 5.20. The molecule has 0 aliphatic carbocycles. The van der Waals surface area contributed by atoms with Crippen molar-refractivity contribution in [2.24, 2.45) is 0 Å². The number of amides is 1. The summed E-state index contributed by atoms with van der Waals surface area (Å²) >= 11 is 0. The normalized spacial score (nSPS) is 10.9. The van der Waals surface area contributed by atoms with Crippen molar-refractivity contribution in [1.82, 2.24) is 0 Å². The van der Waals surface area contributed by atoms with Crippen molar-refractivity contribution in [1.29, 1.82) is 5.26 Å². The van der Waals surface area contributed by atoms with Gasteiger partial charge in [0, 0.05) is 19.2 Å². The Kier molecular flexibility index (Phi) is 3.96. The van der Waals surface area contributed by atoms with E-state index in [-0.39, 0.29) is 18.1 Å². The van der Waals surface area contributed by atoms with Gasteiger partial charge < -0.3 is 4.90 Å². The second-order valence-corrected chi connectivity index (χ2v) is 3.60. The van der Waals surface area contributed by atoms with E-state index in [2.05, 4.69) is 0 Å². The SMILES string of the molecule is CCN(C(C)=O)c1ccc(C#N)c(C(F)(F)F)c1. The second kappa shape index (κ2) is 5.08. The van der Waals surface area contributed by atoms with Crippen LogP contribution in [0.3, 0.4) is 0 Å². The third-order valence-electron chi connectivity index (χ3n) is 2.44. The standard InChI is InChI=1S/C12H11F3N2O/c1-3-17(8(2)18)10-5-4-9(7-16)11(6-10)12(13,14)15/h4-6H,3H2,1-2H3. The van der Waals surface area contributed by atoms with Gasteiger partial charge in [-0.1, -0.05) is 0 Å². The number of nitriles is 1. The predicted octanol–water partition coefficient (Wildman–Crippen LogP) is 2.95. The zero-order chi connectivity index (χ0) is 13.9. The van der Waals surface area contributed by atoms with E-state index in [9.17, 15) is 18.0 Å². The van der Waals surface area contributed by atoms with Gasteiger partial charge in [-0.25, -0.2) is 0 Å². The van der Waals surface area contributed by atoms with E-state index in [1.54, 1.807) is 6.92 Å². The molecule has 96 valence electrons. The highest BCUT2D eigenvalue weighted by molar-refractivity contribution is 5.91. The summed E-state index contributed by atoms with van der Waals surface area (Å²) in [5.41, 5.74) is -1.34. The highest BCUT2D eigenvalue weighted by Gasteiger charge is 2.34. The first-order valence-corrected chi connectivity index (χ1v) is 5.20. The summed E-state index contributed by atoms with van der Waals surface area (Å²) in [6, 6.07) is 4.72. The van der Waals surface area contributed by atoms with Crippen molar-refractivity contribution in [2.45, 2.75) is 20.0 Å². The molecule has 0 aliphatic heterocycles. The number of nitrogens with zero attached hydrogens (tertiary/aromatic N) is 2. The van der Waals surface area contributed by atoms with Crippen LogP contribution in [0.1, 0.15) is 25.0 Å². The molecule has 1 aromatic rings. The first kappa shape index (κ1) is 14.0. The Hall–Kier alpha value is -2.03. The molecule has 0 unspecified atom stereocenters. The van der Waals surface area contributed by atoms with E-state index in [0.717, 1.165) is 12.1 Å². The van der Waals surface area contributed by atoms with Crippen LogP contribution in [-0.2, 0) is 11.0 Å². The lowest BCUT2D eigenvalue weighted by atomic mass is 10.1. The molecule has 3 nitrogen and oxygen atoms in total. The molecule has 0 atom stereocenters. The molecule has 0 spiro atoms. The molecule has 1 rings (SSSR count). The molecule has 1 aromatic carbocycles. The highest BCUT2D eigenvalue weighted by atomic mass is 19.4. The maximum absolute atomic E-state index is 12.7. The van der Waals surface area contributed by atoms with E-state index in [1.807, 2.05) is 0 Å². The molecule has 0 N–H and O–H groups in total. The van der Waals surface area contributed by atoms with E-state index >= 15 is 0 Å². The van der Waals surface area contributed by atoms with Gasteiger partial charge in [0.25, 0.3) is 0 Å². The zero-order valence-corrected chi connectivity index (χ0v) is 9.88. The predicted molar refractivity (Wildman–Crippen MR) is 59.9 cm³/mol. The van der Waals surface area contributed by atoms with Crippen molar-refractivity contribution < 1.29 is 18.0 Å². The van der Waals surface area contributed by atoms with Gasteiger partial charge in [0.15, 0.2) is 0 Å². The summed E-state index contributed by atoms with van der Waals surface area (Å²) in [6.07, 6.45) is -4.61. The molecule has 18 heavy (non-hydrogen) atoms. The summed E-state index contributed by atoms with van der Waals surface area (Å²) in [5.74, 6) is -0.352. The van der Waals surface area contributed by atoms with Gasteiger partial charge in [-0.15, -0.1) is 0 Å². The molecule has 0 radical (unpaired) electrons. The van der Waals surface area contributed by atoms with Crippen molar-refractivity contribution in [2.75, 3.05) is 11.4 Å². The molecule has 0 aromatic heterocycles. The smallest absolute Gasteiger partial charge is 0.313 e. The van der Waals surface area contributed by atoms with Crippen molar-refractivity contribution >= 4 is 11.6 Å². The zero-order valence-electron chi connectivity index (χ0n) is 9.88. The fourth-order valence-electron chi connectivity index (χ4n) is 1.62. The Bertz CT molecular complexity index is 503. The van der Waals surface area contributed by atoms with E-state index in [4.69, 9.17) is 5.26 Å². The minimum absolute atomic E-state index is 0.135. The van der Waals surface area contributed by atoms with Crippen LogP contribution in [0.4, 0.5) is 18.9 Å². The number of alkyl halides is 3. The Morgan fingerprint density at radius 2 is 2.06 bits per heavy atom. The summed E-state index contributed by atoms with van der Waals surface area (Å²) in [4.78, 5) is 12.5. The lowest BCUT2D eigenvalue weighted by Gasteiger charge is -2.20. The molecule has 0 saturated carbocycles. The van der Waals surface area contributed by atoms with Crippen LogP contribution < -0.4 is 4.90 Å². The van der Waals surface area contributed by atoms with Crippen LogP contribution in [-0.4, -0.2) is 12.5 Å². The van der Waals surface area contributed by atoms with Gasteiger partial charge in [-0.3, -0.25) is 4.79 Å². The monoisotopic (exact) mass is 256 g/mol. The summed E-state index contributed by atoms with van der Waals surface area (Å²) in [5, 5.41) is 8.65. The summed E-state index contributed by atoms with van der Waals surface area (Å²) in [6.45, 7) is 3.19. The quantitative estimate of drug-likeness (QED) is 0.816. The fourth-order valence-corrected chi connectivity index (χ4v) is 1.62. The van der Waals surface area contributed by atoms with Crippen LogP contribution in [0.25, 0.3) is 0 Å². The lowest BCUT2D eigenvalue weighted by Crippen LogP contribution is -2.28. The number of halogens is 3. The third kappa shape index (κ3) is 2.80. The summed E-state index contributed by atoms with van der Waals surface area (Å²) in [7, 11) is 0. The third-order valence-corrected chi connectivity index (χ3v) is 2.44. The van der Waals surface area contributed by atoms with Crippen LogP contribution in [0.5, 0.6) is 0 Å². The number of carbonyl (C=O) groups is 1. The molecule has 0 aliphatic rings. The van der Waals surface area contributed by atoms with Gasteiger partial charge in [0.2, 0.25) is 5.91 Å². The van der Waals surface area contributed by atoms with Crippen LogP contribution >= 0.6 is 0 Å². The number of carbonyl (C=O) groups excluding carboxylic acids is 1. The topological polar surface area (TPSA) is 44.1 Å². The number of benzene rings is 1. The minimum Gasteiger partial charge on any atom is -0.313 e. The molecule has 0 fully saturated rings. The number of rotatable bonds is 2. The number of anilines is 1. The number of hydrogen-bond donors (Lipinski definition) is 0. The highest BCUT2D eigenvalue weighted by Crippen LogP contribution is 2.34. The Labute approximate surface area is 102 Å². The molecular weight excluding hydrogens is 245 g/mol. The first-order chi connectivity index (χ1) is 8.31. The van der Waals surface area contributed by atoms with Gasteiger partial charge in [0.05, 0.1) is 17.2 Å². The molecule has 0 bridgehead atoms. The van der Waals surface area contributed by atoms with Crippen LogP contribution in [0, 0.1) is 11.3 Å². The average Bonchev–Trinajstić information content (AvgIpc) is 2.28. The Morgan fingerprint density at radius 3 is 2.44 bits per heavy atom. The van der Waals surface area contributed by atoms with Gasteiger partial charge in [-0.2, -0.15) is 18.4 Å². The minimum atomic E-state index is -4.61. The second-order valence-electron chi connectivity index (χ2n) is 3.60. The Morgan fingerprint density at radius 1 is 1.44 bits per heavy atom. The Balaban J connectivity index is 3.36. The molecule has 1 amide bonds. The van der Waals surface area contributed by atoms with E-state index in [1.165, 1.54) is 24.0 Å². The van der Waals surface area contributed by atoms with Crippen LogP contribution in [0.15, 0.2) is 18.2 Å². The van der Waals surface area contributed by atoms with E-state index in [0.29, 0.717) is 0 Å². The van der Waals surface area contributed by atoms with Gasteiger partial charge in [-0.05, 0) is 25.1 Å². The molecular formula is C12H11F3N2O. The van der Waals surface area contributed by atoms with Gasteiger partial charge in [0.1, 0.15) is 0 Å². The maximum Gasteiger partial charge on any atom is 0.417 e. The largest absolute Gasteiger partial charge is 0.417 e. The van der Waals surface area contributed by atoms with Gasteiger partial charge >= 0.3 is 6.18 Å². The maximum atomic E-state index is 12.7. The molecule has 0 saturated heterocycles. The summed E-state index contributed by atoms with van der Waals surface area (Å²) < 4.78 is 38.2. The molecule has 0 heterocycles.